The van der Waals surface area contributed by atoms with Crippen molar-refractivity contribution in [3.8, 4) is 0 Å². The average molecular weight is 341 g/mol. The SMILES string of the molecule is [In].[O]=[Sn].[Zr]. The van der Waals surface area contributed by atoms with Gasteiger partial charge in [-0.25, -0.2) is 0 Å². The van der Waals surface area contributed by atoms with E-state index < -0.39 is 0 Å². The van der Waals surface area contributed by atoms with Gasteiger partial charge >= 0.3 is 25.6 Å². The van der Waals surface area contributed by atoms with Gasteiger partial charge in [0.25, 0.3) is 0 Å². The Balaban J connectivity index is -0.00000000500. The van der Waals surface area contributed by atoms with Gasteiger partial charge in [0.1, 0.15) is 0 Å². The second kappa shape index (κ2) is 18.3. The Morgan fingerprint density at radius 1 is 1.25 bits per heavy atom. The van der Waals surface area contributed by atoms with Crippen LogP contribution in [0.3, 0.4) is 0 Å². The first kappa shape index (κ1) is 16.2. The molecule has 0 aliphatic carbocycles. The first-order chi connectivity index (χ1) is 1.00. The molecule has 0 aromatic rings. The summed E-state index contributed by atoms with van der Waals surface area (Å²) < 4.78 is 8.34. The van der Waals surface area contributed by atoms with Crippen molar-refractivity contribution in [2.75, 3.05) is 0 Å². The molecule has 0 aliphatic heterocycles. The molecular weight excluding hydrogens is 341 g/mol. The summed E-state index contributed by atoms with van der Waals surface area (Å²) >= 11 is 0.300. The molecule has 4 heavy (non-hydrogen) atoms. The van der Waals surface area contributed by atoms with E-state index in [2.05, 4.69) is 0 Å². The van der Waals surface area contributed by atoms with Crippen LogP contribution in [0.1, 0.15) is 0 Å². The first-order valence-electron chi connectivity index (χ1n) is 0.204. The van der Waals surface area contributed by atoms with Crippen molar-refractivity contribution in [1.82, 2.24) is 0 Å². The summed E-state index contributed by atoms with van der Waals surface area (Å²) in [6.45, 7) is 0. The molecule has 1 nitrogen and oxygen atoms in total. The maximum absolute atomic E-state index is 8.34. The third-order valence-electron chi connectivity index (χ3n) is 0. The molecule has 0 amide bonds. The van der Waals surface area contributed by atoms with Crippen LogP contribution in [0.25, 0.3) is 0 Å². The minimum absolute atomic E-state index is 0. The average Bonchev–Trinajstić information content (AvgIpc) is 1.00. The van der Waals surface area contributed by atoms with Crippen molar-refractivity contribution in [3.05, 3.63) is 0 Å². The zero-order chi connectivity index (χ0) is 2.00. The van der Waals surface area contributed by atoms with Crippen molar-refractivity contribution in [2.24, 2.45) is 0 Å². The summed E-state index contributed by atoms with van der Waals surface area (Å²) in [4.78, 5) is 0. The second-order valence-corrected chi connectivity index (χ2v) is 0. The van der Waals surface area contributed by atoms with Crippen molar-refractivity contribution >= 4 is 48.4 Å². The van der Waals surface area contributed by atoms with E-state index in [9.17, 15) is 0 Å². The first-order valence-corrected chi connectivity index (χ1v) is 1.37. The minimum Gasteiger partial charge on any atom is 0 e. The molecule has 17 valence electrons. The summed E-state index contributed by atoms with van der Waals surface area (Å²) in [7, 11) is 0. The van der Waals surface area contributed by atoms with Crippen LogP contribution in [0.4, 0.5) is 0 Å². The molecule has 4 heteroatoms. The molecule has 0 saturated carbocycles. The van der Waals surface area contributed by atoms with Gasteiger partial charge in [0, 0.05) is 52.0 Å². The van der Waals surface area contributed by atoms with Crippen LogP contribution >= 0.6 is 0 Å². The molecule has 0 unspecified atom stereocenters. The topological polar surface area (TPSA) is 17.1 Å². The van der Waals surface area contributed by atoms with Gasteiger partial charge in [-0.2, -0.15) is 0 Å². The maximum Gasteiger partial charge on any atom is 0 e. The zero-order valence-corrected chi connectivity index (χ0v) is 10.6. The molecule has 0 fully saturated rings. The molecule has 0 aromatic heterocycles. The molecule has 5 radical (unpaired) electrons. The van der Waals surface area contributed by atoms with Crippen LogP contribution in [-0.4, -0.2) is 48.4 Å². The molecule has 0 bridgehead atoms. The van der Waals surface area contributed by atoms with Gasteiger partial charge in [-0.1, -0.05) is 0 Å². The Morgan fingerprint density at radius 3 is 1.25 bits per heavy atom. The quantitative estimate of drug-likeness (QED) is 0.523. The van der Waals surface area contributed by atoms with Crippen molar-refractivity contribution in [3.63, 3.8) is 0 Å². The number of hydrogen-bond donors (Lipinski definition) is 0. The predicted octanol–water partition coefficient (Wildman–Crippen LogP) is -0.883. The summed E-state index contributed by atoms with van der Waals surface area (Å²) in [5, 5.41) is 0. The predicted molar refractivity (Wildman–Crippen MR) is 12.2 cm³/mol. The van der Waals surface area contributed by atoms with Crippen LogP contribution in [0.2, 0.25) is 0 Å². The Kier molecular flexibility index (Phi) is 74.2. The van der Waals surface area contributed by atoms with Crippen LogP contribution < -0.4 is 0 Å². The van der Waals surface area contributed by atoms with Crippen LogP contribution in [0.15, 0.2) is 0 Å². The fraction of sp³-hybridized carbons (Fsp3) is 0. The van der Waals surface area contributed by atoms with Crippen molar-refractivity contribution in [1.29, 1.82) is 0 Å². The van der Waals surface area contributed by atoms with E-state index in [1.165, 1.54) is 0 Å². The van der Waals surface area contributed by atoms with E-state index in [4.69, 9.17) is 3.08 Å². The maximum atomic E-state index is 8.34. The molecule has 0 rings (SSSR count). The molecule has 0 saturated heterocycles. The standard InChI is InChI=1S/In.O.Sn.Zr. The molecule has 0 atom stereocenters. The van der Waals surface area contributed by atoms with Gasteiger partial charge < -0.3 is 0 Å². The number of rotatable bonds is 0. The normalized spacial score (nSPS) is 1.00. The van der Waals surface area contributed by atoms with Gasteiger partial charge in [0.2, 0.25) is 0 Å². The van der Waals surface area contributed by atoms with E-state index in [1.807, 2.05) is 0 Å². The van der Waals surface area contributed by atoms with Gasteiger partial charge in [0.15, 0.2) is 0 Å². The smallest absolute Gasteiger partial charge is 0 e. The van der Waals surface area contributed by atoms with Crippen LogP contribution in [-0.2, 0) is 29.3 Å². The third-order valence-corrected chi connectivity index (χ3v) is 0. The molecule has 0 N–H and O–H groups in total. The summed E-state index contributed by atoms with van der Waals surface area (Å²) in [5.74, 6) is 0. The minimum atomic E-state index is 0. The van der Waals surface area contributed by atoms with Crippen LogP contribution in [0.5, 0.6) is 0 Å². The fourth-order valence-corrected chi connectivity index (χ4v) is 0. The third kappa shape index (κ3) is 8.84. The molecule has 0 aliphatic rings. The summed E-state index contributed by atoms with van der Waals surface area (Å²) in [6, 6.07) is 0. The number of hydrogen-bond acceptors (Lipinski definition) is 1. The van der Waals surface area contributed by atoms with E-state index in [1.54, 1.807) is 0 Å². The summed E-state index contributed by atoms with van der Waals surface area (Å²) in [5.41, 5.74) is 0. The Labute approximate surface area is 76.3 Å². The largest absolute Gasteiger partial charge is 0 e. The fourth-order valence-electron chi connectivity index (χ4n) is 0. The molecule has 0 spiro atoms. The van der Waals surface area contributed by atoms with E-state index >= 15 is 0 Å². The Bertz CT molecular complexity index is 8.00. The monoisotopic (exact) mass is 341 g/mol. The Morgan fingerprint density at radius 2 is 1.25 bits per heavy atom. The Hall–Kier alpha value is 2.35. The second-order valence-electron chi connectivity index (χ2n) is 0. The van der Waals surface area contributed by atoms with Gasteiger partial charge in [-0.3, -0.25) is 0 Å². The van der Waals surface area contributed by atoms with Gasteiger partial charge in [-0.05, 0) is 0 Å². The zero-order valence-electron chi connectivity index (χ0n) is 1.99. The van der Waals surface area contributed by atoms with Crippen molar-refractivity contribution in [2.45, 2.75) is 0 Å². The van der Waals surface area contributed by atoms with Crippen molar-refractivity contribution < 1.29 is 29.3 Å². The van der Waals surface area contributed by atoms with Gasteiger partial charge in [0.05, 0.1) is 0 Å². The molecule has 0 aromatic carbocycles. The van der Waals surface area contributed by atoms with E-state index in [0.717, 1.165) is 0 Å². The van der Waals surface area contributed by atoms with E-state index in [-0.39, 0.29) is 52.0 Å². The van der Waals surface area contributed by atoms with E-state index in [0.29, 0.717) is 22.5 Å². The summed E-state index contributed by atoms with van der Waals surface area (Å²) in [6.07, 6.45) is 0. The molecular formula is InOSnZr. The van der Waals surface area contributed by atoms with Crippen LogP contribution in [0, 0.1) is 0 Å². The van der Waals surface area contributed by atoms with Gasteiger partial charge in [-0.15, -0.1) is 0 Å². The molecule has 0 heterocycles.